The van der Waals surface area contributed by atoms with Crippen molar-refractivity contribution in [2.45, 2.75) is 18.6 Å². The Hall–Kier alpha value is -1.40. The predicted octanol–water partition coefficient (Wildman–Crippen LogP) is -1.11. The van der Waals surface area contributed by atoms with Crippen molar-refractivity contribution in [3.8, 4) is 0 Å². The molecule has 2 heterocycles. The smallest absolute Gasteiger partial charge is 0.430 e. The zero-order valence-electron chi connectivity index (χ0n) is 11.9. The van der Waals surface area contributed by atoms with Crippen molar-refractivity contribution in [3.63, 3.8) is 0 Å². The number of rotatable bonds is 0. The number of carbonyl (C=O) groups is 2. The fraction of sp³-hybridized carbons (Fsp3) is 0.385. The van der Waals surface area contributed by atoms with Crippen molar-refractivity contribution in [2.24, 2.45) is 5.73 Å². The van der Waals surface area contributed by atoms with Gasteiger partial charge in [-0.25, -0.2) is 0 Å². The van der Waals surface area contributed by atoms with Crippen LogP contribution in [-0.2, 0) is 9.59 Å². The molecule has 0 aromatic heterocycles. The Morgan fingerprint density at radius 2 is 2.09 bits per heavy atom. The lowest BCUT2D eigenvalue weighted by molar-refractivity contribution is -0.525. The number of alkyl halides is 3. The molecule has 4 N–H and O–H groups in total. The van der Waals surface area contributed by atoms with Gasteiger partial charge in [0, 0.05) is 21.3 Å². The fourth-order valence-electron chi connectivity index (χ4n) is 2.64. The lowest BCUT2D eigenvalue weighted by Crippen LogP contribution is -2.77. The number of nitrogens with two attached hydrogens (primary N) is 2. The number of nitrogens with zero attached hydrogens (tertiary/aromatic N) is 1. The van der Waals surface area contributed by atoms with Crippen LogP contribution in [0.4, 0.5) is 13.2 Å². The third-order valence-electron chi connectivity index (χ3n) is 3.75. The van der Waals surface area contributed by atoms with Crippen LogP contribution in [0.3, 0.4) is 0 Å². The van der Waals surface area contributed by atoms with E-state index in [9.17, 15) is 18.0 Å². The number of quaternary nitrogens is 1. The largest absolute Gasteiger partial charge is 0.542 e. The summed E-state index contributed by atoms with van der Waals surface area (Å²) in [6.07, 6.45) is -2.09. The number of Topliss-reactive ketones (excluding diaryl/α,β-unsaturated/α-hetero) is 1. The van der Waals surface area contributed by atoms with Gasteiger partial charge in [0.1, 0.15) is 12.2 Å². The maximum absolute atomic E-state index is 12.0. The van der Waals surface area contributed by atoms with Gasteiger partial charge in [-0.1, -0.05) is 0 Å². The Morgan fingerprint density at radius 3 is 2.61 bits per heavy atom. The number of hydrogen-bond acceptors (Lipinski definition) is 5. The molecule has 3 rings (SSSR count). The van der Waals surface area contributed by atoms with Gasteiger partial charge in [0.15, 0.2) is 5.70 Å². The minimum Gasteiger partial charge on any atom is -0.542 e. The van der Waals surface area contributed by atoms with Gasteiger partial charge in [-0.05, 0) is 36.1 Å². The lowest BCUT2D eigenvalue weighted by atomic mass is 9.86. The van der Waals surface area contributed by atoms with E-state index in [-0.39, 0.29) is 11.8 Å². The van der Waals surface area contributed by atoms with Crippen molar-refractivity contribution in [3.05, 3.63) is 32.3 Å². The topological polar surface area (TPSA) is 103 Å². The molecule has 0 aromatic carbocycles. The average molecular weight is 443 g/mol. The molecule has 1 aliphatic carbocycles. The van der Waals surface area contributed by atoms with Gasteiger partial charge in [-0.15, -0.1) is 0 Å². The predicted molar refractivity (Wildman–Crippen MR) is 79.4 cm³/mol. The molecule has 0 spiro atoms. The van der Waals surface area contributed by atoms with Crippen molar-refractivity contribution in [1.82, 2.24) is 4.90 Å². The quantitative estimate of drug-likeness (QED) is 0.463. The van der Waals surface area contributed by atoms with Crippen LogP contribution in [0.5, 0.6) is 0 Å². The van der Waals surface area contributed by atoms with Crippen molar-refractivity contribution in [1.29, 1.82) is 0 Å². The minimum absolute atomic E-state index is 0.00259. The molecule has 10 heteroatoms. The van der Waals surface area contributed by atoms with E-state index in [1.807, 2.05) is 5.32 Å². The SMILES string of the molecule is CN1CCC2=C[NH2+]C3=C2C1C(I)=C(N)C3=O.O=C([O-])C(F)(F)F. The molecule has 1 unspecified atom stereocenters. The lowest BCUT2D eigenvalue weighted by Gasteiger charge is -2.36. The van der Waals surface area contributed by atoms with Crippen LogP contribution in [0, 0.1) is 0 Å². The molecule has 1 saturated heterocycles. The first kappa shape index (κ1) is 17.9. The molecule has 0 saturated carbocycles. The minimum atomic E-state index is -5.19. The summed E-state index contributed by atoms with van der Waals surface area (Å²) in [6.45, 7) is 1.02. The van der Waals surface area contributed by atoms with Crippen molar-refractivity contribution < 1.29 is 33.2 Å². The summed E-state index contributed by atoms with van der Waals surface area (Å²) in [5.41, 5.74) is 9.63. The van der Waals surface area contributed by atoms with Gasteiger partial charge in [0.2, 0.25) is 0 Å². The molecule has 1 atom stereocenters. The first-order valence-electron chi connectivity index (χ1n) is 6.52. The van der Waals surface area contributed by atoms with E-state index < -0.39 is 12.1 Å². The van der Waals surface area contributed by atoms with Crippen LogP contribution in [-0.4, -0.2) is 42.5 Å². The van der Waals surface area contributed by atoms with Crippen LogP contribution in [0.2, 0.25) is 0 Å². The van der Waals surface area contributed by atoms with Crippen LogP contribution >= 0.6 is 22.6 Å². The highest BCUT2D eigenvalue weighted by Gasteiger charge is 2.44. The number of carboxylic acids is 1. The van der Waals surface area contributed by atoms with Gasteiger partial charge >= 0.3 is 6.18 Å². The maximum Gasteiger partial charge on any atom is 0.430 e. The Balaban J connectivity index is 0.000000236. The van der Waals surface area contributed by atoms with E-state index in [0.29, 0.717) is 5.70 Å². The summed E-state index contributed by atoms with van der Waals surface area (Å²) < 4.78 is 32.5. The van der Waals surface area contributed by atoms with E-state index in [1.54, 1.807) is 0 Å². The van der Waals surface area contributed by atoms with Gasteiger partial charge < -0.3 is 15.6 Å². The summed E-state index contributed by atoms with van der Waals surface area (Å²) in [7, 11) is 2.09. The summed E-state index contributed by atoms with van der Waals surface area (Å²) >= 11 is 2.21. The summed E-state index contributed by atoms with van der Waals surface area (Å²) in [5, 5.41) is 10.7. The maximum atomic E-state index is 12.0. The molecule has 3 aliphatic rings. The molecule has 23 heavy (non-hydrogen) atoms. The number of likely N-dealkylation sites (N-methyl/N-ethyl adjacent to an activating group) is 1. The Bertz CT molecular complexity index is 667. The molecular formula is C13H13F3IN3O3. The summed E-state index contributed by atoms with van der Waals surface area (Å²) in [5.74, 6) is -3.01. The van der Waals surface area contributed by atoms with Crippen LogP contribution in [0.25, 0.3) is 0 Å². The molecule has 1 fully saturated rings. The Kier molecular flexibility index (Phi) is 4.87. The third-order valence-corrected chi connectivity index (χ3v) is 4.92. The monoisotopic (exact) mass is 443 g/mol. The van der Waals surface area contributed by atoms with E-state index in [4.69, 9.17) is 15.6 Å². The number of ketones is 1. The standard InChI is InChI=1S/C11H12IN3O.C2HF3O2/c1-15-3-2-5-4-14-9-6(5)10(15)7(12)8(13)11(9)16;3-2(4,5)1(6)7/h4,10,14H,2-3,13H2,1H3;(H,6,7). The molecule has 0 bridgehead atoms. The number of carboxylic acid groups (broad SMARTS) is 1. The second kappa shape index (κ2) is 6.24. The number of piperidine rings is 1. The molecule has 0 aromatic rings. The van der Waals surface area contributed by atoms with Gasteiger partial charge in [0.25, 0.3) is 5.78 Å². The summed E-state index contributed by atoms with van der Waals surface area (Å²) in [6, 6.07) is 0.201. The first-order valence-corrected chi connectivity index (χ1v) is 7.60. The average Bonchev–Trinajstić information content (AvgIpc) is 2.87. The zero-order chi connectivity index (χ0) is 17.5. The van der Waals surface area contributed by atoms with Crippen LogP contribution < -0.4 is 16.2 Å². The van der Waals surface area contributed by atoms with E-state index in [0.717, 1.165) is 22.2 Å². The van der Waals surface area contributed by atoms with Crippen LogP contribution in [0.15, 0.2) is 32.3 Å². The molecule has 2 aliphatic heterocycles. The molecule has 126 valence electrons. The second-order valence-corrected chi connectivity index (χ2v) is 6.36. The molecular weight excluding hydrogens is 430 g/mol. The highest BCUT2D eigenvalue weighted by atomic mass is 127. The second-order valence-electron chi connectivity index (χ2n) is 5.20. The normalized spacial score (nSPS) is 24.1. The third kappa shape index (κ3) is 3.28. The number of hydrogen-bond donors (Lipinski definition) is 2. The van der Waals surface area contributed by atoms with Crippen molar-refractivity contribution >= 4 is 34.3 Å². The van der Waals surface area contributed by atoms with Gasteiger partial charge in [0.05, 0.1) is 11.7 Å². The van der Waals surface area contributed by atoms with Crippen LogP contribution in [0.1, 0.15) is 6.42 Å². The van der Waals surface area contributed by atoms with Gasteiger partial charge in [-0.3, -0.25) is 15.0 Å². The zero-order valence-corrected chi connectivity index (χ0v) is 14.1. The number of aliphatic carboxylic acids is 1. The number of likely N-dealkylation sites (tertiary alicyclic amines) is 1. The number of carbonyl (C=O) groups excluding carboxylic acids is 2. The fourth-order valence-corrected chi connectivity index (χ4v) is 3.67. The summed E-state index contributed by atoms with van der Waals surface area (Å²) in [4.78, 5) is 23.1. The highest BCUT2D eigenvalue weighted by Crippen LogP contribution is 2.39. The Morgan fingerprint density at radius 1 is 1.52 bits per heavy atom. The van der Waals surface area contributed by atoms with E-state index in [2.05, 4.69) is 40.7 Å². The van der Waals surface area contributed by atoms with E-state index >= 15 is 0 Å². The molecule has 0 radical (unpaired) electrons. The molecule has 6 nitrogen and oxygen atoms in total. The van der Waals surface area contributed by atoms with E-state index in [1.165, 1.54) is 11.1 Å². The highest BCUT2D eigenvalue weighted by molar-refractivity contribution is 14.1. The molecule has 0 amide bonds. The Labute approximate surface area is 143 Å². The first-order chi connectivity index (χ1) is 10.6. The van der Waals surface area contributed by atoms with Crippen molar-refractivity contribution in [2.75, 3.05) is 13.6 Å². The van der Waals surface area contributed by atoms with Gasteiger partial charge in [-0.2, -0.15) is 13.2 Å². The number of halogens is 4.